The second-order valence-corrected chi connectivity index (χ2v) is 3.60. The molecular weight excluding hydrogens is 264 g/mol. The Morgan fingerprint density at radius 2 is 2.00 bits per heavy atom. The zero-order valence-corrected chi connectivity index (χ0v) is 8.92. The maximum Gasteiger partial charge on any atom is 0.338 e. The van der Waals surface area contributed by atoms with Crippen LogP contribution in [0.2, 0.25) is 0 Å². The molecule has 0 aliphatic rings. The van der Waals surface area contributed by atoms with Crippen LogP contribution in [0.25, 0.3) is 5.95 Å². The molecule has 0 saturated heterocycles. The van der Waals surface area contributed by atoms with E-state index in [1.54, 1.807) is 12.4 Å². The number of hydrogen-bond acceptors (Lipinski definition) is 4. The molecule has 0 aliphatic carbocycles. The first-order chi connectivity index (χ1) is 7.16. The minimum absolute atomic E-state index is 0.0463. The Kier molecular flexibility index (Phi) is 2.46. The summed E-state index contributed by atoms with van der Waals surface area (Å²) in [6, 6.07) is 0. The Bertz CT molecular complexity index is 494. The van der Waals surface area contributed by atoms with Gasteiger partial charge < -0.3 is 5.11 Å². The van der Waals surface area contributed by atoms with Gasteiger partial charge in [-0.15, -0.1) is 0 Å². The first-order valence-electron chi connectivity index (χ1n) is 3.93. The van der Waals surface area contributed by atoms with Gasteiger partial charge in [-0.25, -0.2) is 19.4 Å². The van der Waals surface area contributed by atoms with E-state index < -0.39 is 5.97 Å². The molecule has 0 radical (unpaired) electrons. The lowest BCUT2D eigenvalue weighted by atomic mass is 10.4. The highest BCUT2D eigenvalue weighted by Crippen LogP contribution is 2.09. The van der Waals surface area contributed by atoms with Crippen LogP contribution in [0.1, 0.15) is 10.4 Å². The second kappa shape index (κ2) is 3.77. The third kappa shape index (κ3) is 2.01. The fourth-order valence-electron chi connectivity index (χ4n) is 0.960. The number of halogens is 1. The molecule has 0 aliphatic heterocycles. The molecule has 0 fully saturated rings. The lowest BCUT2D eigenvalue weighted by molar-refractivity contribution is 0.0696. The summed E-state index contributed by atoms with van der Waals surface area (Å²) in [5, 5.41) is 12.6. The Labute approximate surface area is 92.7 Å². The summed E-state index contributed by atoms with van der Waals surface area (Å²) in [6.45, 7) is 0. The standard InChI is InChI=1S/C8H5BrN4O2/c9-6-3-12-13(4-6)8-10-1-5(2-11-8)7(14)15/h1-4H,(H,14,15). The highest BCUT2D eigenvalue weighted by Gasteiger charge is 2.06. The first kappa shape index (κ1) is 9.78. The summed E-state index contributed by atoms with van der Waals surface area (Å²) in [4.78, 5) is 18.3. The van der Waals surface area contributed by atoms with Crippen molar-refractivity contribution in [1.82, 2.24) is 19.7 Å². The minimum Gasteiger partial charge on any atom is -0.478 e. The van der Waals surface area contributed by atoms with Gasteiger partial charge in [-0.3, -0.25) is 0 Å². The van der Waals surface area contributed by atoms with Crippen molar-refractivity contribution in [2.75, 3.05) is 0 Å². The van der Waals surface area contributed by atoms with Crippen LogP contribution in [0.15, 0.2) is 29.3 Å². The molecule has 2 rings (SSSR count). The molecule has 15 heavy (non-hydrogen) atoms. The van der Waals surface area contributed by atoms with Gasteiger partial charge >= 0.3 is 5.97 Å². The highest BCUT2D eigenvalue weighted by molar-refractivity contribution is 9.10. The highest BCUT2D eigenvalue weighted by atomic mass is 79.9. The molecule has 0 aromatic carbocycles. The van der Waals surface area contributed by atoms with Crippen molar-refractivity contribution >= 4 is 21.9 Å². The third-order valence-corrected chi connectivity index (χ3v) is 2.05. The summed E-state index contributed by atoms with van der Waals surface area (Å²) in [6.07, 6.45) is 5.74. The number of rotatable bonds is 2. The van der Waals surface area contributed by atoms with Crippen LogP contribution in [-0.4, -0.2) is 30.8 Å². The van der Waals surface area contributed by atoms with Crippen molar-refractivity contribution < 1.29 is 9.90 Å². The number of aromatic nitrogens is 4. The Balaban J connectivity index is 2.35. The van der Waals surface area contributed by atoms with Crippen molar-refractivity contribution in [2.24, 2.45) is 0 Å². The molecule has 2 heterocycles. The Morgan fingerprint density at radius 1 is 1.33 bits per heavy atom. The SMILES string of the molecule is O=C(O)c1cnc(-n2cc(Br)cn2)nc1. The normalized spacial score (nSPS) is 10.2. The van der Waals surface area contributed by atoms with Gasteiger partial charge in [0.1, 0.15) is 0 Å². The molecular formula is C8H5BrN4O2. The summed E-state index contributed by atoms with van der Waals surface area (Å²) in [7, 11) is 0. The quantitative estimate of drug-likeness (QED) is 0.883. The summed E-state index contributed by atoms with van der Waals surface area (Å²) in [5.41, 5.74) is 0.0463. The van der Waals surface area contributed by atoms with E-state index in [1.165, 1.54) is 17.1 Å². The van der Waals surface area contributed by atoms with Crippen LogP contribution in [0.3, 0.4) is 0 Å². The lowest BCUT2D eigenvalue weighted by Crippen LogP contribution is -2.04. The fraction of sp³-hybridized carbons (Fsp3) is 0. The molecule has 6 nitrogen and oxygen atoms in total. The van der Waals surface area contributed by atoms with Crippen molar-refractivity contribution in [3.8, 4) is 5.95 Å². The minimum atomic E-state index is -1.05. The van der Waals surface area contributed by atoms with Crippen molar-refractivity contribution in [3.63, 3.8) is 0 Å². The average molecular weight is 269 g/mol. The summed E-state index contributed by atoms with van der Waals surface area (Å²) in [5.74, 6) is -0.728. The number of carboxylic acid groups (broad SMARTS) is 1. The van der Waals surface area contributed by atoms with Gasteiger partial charge in [-0.1, -0.05) is 0 Å². The fourth-order valence-corrected chi connectivity index (χ4v) is 1.25. The zero-order chi connectivity index (χ0) is 10.8. The molecule has 76 valence electrons. The van der Waals surface area contributed by atoms with Crippen molar-refractivity contribution in [2.45, 2.75) is 0 Å². The van der Waals surface area contributed by atoms with Crippen LogP contribution >= 0.6 is 15.9 Å². The number of nitrogens with zero attached hydrogens (tertiary/aromatic N) is 4. The van der Waals surface area contributed by atoms with E-state index in [9.17, 15) is 4.79 Å². The first-order valence-corrected chi connectivity index (χ1v) is 4.72. The van der Waals surface area contributed by atoms with Gasteiger partial charge in [0.2, 0.25) is 0 Å². The molecule has 0 atom stereocenters. The van der Waals surface area contributed by atoms with E-state index in [-0.39, 0.29) is 5.56 Å². The van der Waals surface area contributed by atoms with E-state index in [0.29, 0.717) is 5.95 Å². The monoisotopic (exact) mass is 268 g/mol. The predicted molar refractivity (Wildman–Crippen MR) is 53.8 cm³/mol. The van der Waals surface area contributed by atoms with E-state index in [4.69, 9.17) is 5.11 Å². The average Bonchev–Trinajstić information content (AvgIpc) is 2.65. The van der Waals surface area contributed by atoms with Gasteiger partial charge in [0, 0.05) is 18.6 Å². The molecule has 0 bridgehead atoms. The molecule has 1 N–H and O–H groups in total. The molecule has 0 amide bonds. The summed E-state index contributed by atoms with van der Waals surface area (Å²) < 4.78 is 2.24. The number of aromatic carboxylic acids is 1. The van der Waals surface area contributed by atoms with Gasteiger partial charge in [0.25, 0.3) is 5.95 Å². The van der Waals surface area contributed by atoms with E-state index >= 15 is 0 Å². The molecule has 0 unspecified atom stereocenters. The van der Waals surface area contributed by atoms with Gasteiger partial charge in [-0.05, 0) is 15.9 Å². The largest absolute Gasteiger partial charge is 0.478 e. The van der Waals surface area contributed by atoms with Crippen molar-refractivity contribution in [3.05, 3.63) is 34.8 Å². The Hall–Kier alpha value is -1.76. The van der Waals surface area contributed by atoms with E-state index in [2.05, 4.69) is 31.0 Å². The van der Waals surface area contributed by atoms with Crippen LogP contribution in [0.4, 0.5) is 0 Å². The van der Waals surface area contributed by atoms with Crippen LogP contribution in [-0.2, 0) is 0 Å². The number of carboxylic acids is 1. The topological polar surface area (TPSA) is 80.9 Å². The molecule has 0 spiro atoms. The van der Waals surface area contributed by atoms with Gasteiger partial charge in [-0.2, -0.15) is 5.10 Å². The zero-order valence-electron chi connectivity index (χ0n) is 7.33. The smallest absolute Gasteiger partial charge is 0.338 e. The maximum absolute atomic E-state index is 10.5. The molecule has 2 aromatic rings. The predicted octanol–water partition coefficient (Wildman–Crippen LogP) is 1.12. The second-order valence-electron chi connectivity index (χ2n) is 2.68. The van der Waals surface area contributed by atoms with Gasteiger partial charge in [0.15, 0.2) is 0 Å². The van der Waals surface area contributed by atoms with Crippen molar-refractivity contribution in [1.29, 1.82) is 0 Å². The number of carbonyl (C=O) groups is 1. The molecule has 7 heteroatoms. The molecule has 0 saturated carbocycles. The van der Waals surface area contributed by atoms with Crippen LogP contribution in [0.5, 0.6) is 0 Å². The Morgan fingerprint density at radius 3 is 2.47 bits per heavy atom. The molecule has 2 aromatic heterocycles. The van der Waals surface area contributed by atoms with Crippen LogP contribution in [0, 0.1) is 0 Å². The number of hydrogen-bond donors (Lipinski definition) is 1. The maximum atomic E-state index is 10.5. The van der Waals surface area contributed by atoms with E-state index in [0.717, 1.165) is 4.47 Å². The van der Waals surface area contributed by atoms with Crippen LogP contribution < -0.4 is 0 Å². The van der Waals surface area contributed by atoms with E-state index in [1.807, 2.05) is 0 Å². The van der Waals surface area contributed by atoms with Gasteiger partial charge in [0.05, 0.1) is 16.2 Å². The summed E-state index contributed by atoms with van der Waals surface area (Å²) >= 11 is 3.23. The lowest BCUT2D eigenvalue weighted by Gasteiger charge is -1.98. The third-order valence-electron chi connectivity index (χ3n) is 1.64.